The van der Waals surface area contributed by atoms with Crippen LogP contribution in [0.15, 0.2) is 18.5 Å². The lowest BCUT2D eigenvalue weighted by molar-refractivity contribution is -0.116. The van der Waals surface area contributed by atoms with Crippen LogP contribution in [0.5, 0.6) is 0 Å². The number of fused-ring (bicyclic) bond motifs is 1. The van der Waals surface area contributed by atoms with Crippen molar-refractivity contribution in [1.82, 2.24) is 20.1 Å². The van der Waals surface area contributed by atoms with E-state index in [2.05, 4.69) is 34.6 Å². The fraction of sp³-hybridized carbons (Fsp3) is 0.462. The van der Waals surface area contributed by atoms with Gasteiger partial charge in [-0.05, 0) is 27.0 Å². The maximum absolute atomic E-state index is 11.6. The standard InChI is InChI=1S/C13H19N5O/c1-9(2)18-13-10(7-16-18)6-11(8-15-13)17-12(19)4-5-14-3/h6-9,14H,4-5H2,1-3H3,(H,17,19). The molecule has 2 heterocycles. The Balaban J connectivity index is 2.16. The summed E-state index contributed by atoms with van der Waals surface area (Å²) < 4.78 is 1.86. The van der Waals surface area contributed by atoms with Crippen LogP contribution in [0.1, 0.15) is 26.3 Å². The van der Waals surface area contributed by atoms with Crippen LogP contribution >= 0.6 is 0 Å². The minimum Gasteiger partial charge on any atom is -0.325 e. The number of hydrogen-bond acceptors (Lipinski definition) is 4. The van der Waals surface area contributed by atoms with Crippen molar-refractivity contribution in [3.8, 4) is 0 Å². The summed E-state index contributed by atoms with van der Waals surface area (Å²) in [5.41, 5.74) is 1.54. The van der Waals surface area contributed by atoms with Crippen molar-refractivity contribution in [3.05, 3.63) is 18.5 Å². The molecule has 2 aromatic heterocycles. The SMILES string of the molecule is CNCCC(=O)Nc1cnc2c(cnn2C(C)C)c1. The molecule has 0 aliphatic rings. The van der Waals surface area contributed by atoms with E-state index >= 15 is 0 Å². The Kier molecular flexibility index (Phi) is 4.11. The van der Waals surface area contributed by atoms with Crippen molar-refractivity contribution in [2.75, 3.05) is 18.9 Å². The number of pyridine rings is 1. The fourth-order valence-corrected chi connectivity index (χ4v) is 1.85. The van der Waals surface area contributed by atoms with Crippen LogP contribution in [0, 0.1) is 0 Å². The average Bonchev–Trinajstić information content (AvgIpc) is 2.79. The van der Waals surface area contributed by atoms with E-state index in [9.17, 15) is 4.79 Å². The first-order valence-electron chi connectivity index (χ1n) is 6.39. The molecule has 0 atom stereocenters. The second kappa shape index (κ2) is 5.79. The first-order valence-corrected chi connectivity index (χ1v) is 6.39. The highest BCUT2D eigenvalue weighted by Gasteiger charge is 2.09. The van der Waals surface area contributed by atoms with E-state index in [0.717, 1.165) is 11.0 Å². The fourth-order valence-electron chi connectivity index (χ4n) is 1.85. The van der Waals surface area contributed by atoms with Gasteiger partial charge >= 0.3 is 0 Å². The van der Waals surface area contributed by atoms with Gasteiger partial charge in [0.1, 0.15) is 0 Å². The van der Waals surface area contributed by atoms with Gasteiger partial charge in [-0.1, -0.05) is 0 Å². The Bertz CT molecular complexity index is 575. The minimum atomic E-state index is -0.0215. The van der Waals surface area contributed by atoms with Crippen LogP contribution in [0.25, 0.3) is 11.0 Å². The van der Waals surface area contributed by atoms with Gasteiger partial charge < -0.3 is 10.6 Å². The average molecular weight is 261 g/mol. The summed E-state index contributed by atoms with van der Waals surface area (Å²) in [6.07, 6.45) is 3.88. The molecule has 0 spiro atoms. The van der Waals surface area contributed by atoms with Crippen molar-refractivity contribution in [3.63, 3.8) is 0 Å². The molecule has 0 aliphatic carbocycles. The van der Waals surface area contributed by atoms with Gasteiger partial charge in [0, 0.05) is 24.4 Å². The Morgan fingerprint density at radius 1 is 1.42 bits per heavy atom. The molecule has 0 bridgehead atoms. The molecule has 6 heteroatoms. The molecule has 2 rings (SSSR count). The van der Waals surface area contributed by atoms with Gasteiger partial charge in [0.15, 0.2) is 5.65 Å². The number of nitrogens with one attached hydrogen (secondary N) is 2. The van der Waals surface area contributed by atoms with Gasteiger partial charge in [0.05, 0.1) is 18.1 Å². The van der Waals surface area contributed by atoms with E-state index < -0.39 is 0 Å². The van der Waals surface area contributed by atoms with Crippen molar-refractivity contribution in [2.45, 2.75) is 26.3 Å². The Labute approximate surface area is 112 Å². The first kappa shape index (κ1) is 13.5. The predicted octanol–water partition coefficient (Wildman–Crippen LogP) is 1.56. The molecule has 0 saturated carbocycles. The number of rotatable bonds is 5. The Hall–Kier alpha value is -1.95. The molecule has 0 aliphatic heterocycles. The molecule has 0 fully saturated rings. The maximum Gasteiger partial charge on any atom is 0.225 e. The zero-order valence-electron chi connectivity index (χ0n) is 11.5. The topological polar surface area (TPSA) is 71.8 Å². The van der Waals surface area contributed by atoms with Gasteiger partial charge in [-0.25, -0.2) is 9.67 Å². The van der Waals surface area contributed by atoms with E-state index in [1.165, 1.54) is 0 Å². The van der Waals surface area contributed by atoms with Gasteiger partial charge in [-0.2, -0.15) is 5.10 Å². The quantitative estimate of drug-likeness (QED) is 0.856. The second-order valence-corrected chi connectivity index (χ2v) is 4.72. The van der Waals surface area contributed by atoms with Crippen LogP contribution in [-0.2, 0) is 4.79 Å². The van der Waals surface area contributed by atoms with E-state index in [1.807, 2.05) is 17.8 Å². The zero-order chi connectivity index (χ0) is 13.8. The molecule has 0 unspecified atom stereocenters. The second-order valence-electron chi connectivity index (χ2n) is 4.72. The van der Waals surface area contributed by atoms with Gasteiger partial charge in [-0.3, -0.25) is 4.79 Å². The highest BCUT2D eigenvalue weighted by atomic mass is 16.1. The van der Waals surface area contributed by atoms with Crippen molar-refractivity contribution >= 4 is 22.6 Å². The van der Waals surface area contributed by atoms with Crippen LogP contribution in [0.3, 0.4) is 0 Å². The smallest absolute Gasteiger partial charge is 0.225 e. The third-order valence-corrected chi connectivity index (χ3v) is 2.81. The zero-order valence-corrected chi connectivity index (χ0v) is 11.5. The number of amides is 1. The minimum absolute atomic E-state index is 0.0215. The third-order valence-electron chi connectivity index (χ3n) is 2.81. The van der Waals surface area contributed by atoms with E-state index in [-0.39, 0.29) is 11.9 Å². The molecule has 2 N–H and O–H groups in total. The van der Waals surface area contributed by atoms with Crippen molar-refractivity contribution in [1.29, 1.82) is 0 Å². The number of hydrogen-bond donors (Lipinski definition) is 2. The summed E-state index contributed by atoms with van der Waals surface area (Å²) in [5, 5.41) is 11.0. The largest absolute Gasteiger partial charge is 0.325 e. The van der Waals surface area contributed by atoms with Gasteiger partial charge in [0.25, 0.3) is 0 Å². The lowest BCUT2D eigenvalue weighted by Gasteiger charge is -2.07. The molecule has 102 valence electrons. The summed E-state index contributed by atoms with van der Waals surface area (Å²) >= 11 is 0. The molecular weight excluding hydrogens is 242 g/mol. The Morgan fingerprint density at radius 2 is 2.21 bits per heavy atom. The maximum atomic E-state index is 11.6. The van der Waals surface area contributed by atoms with Crippen LogP contribution in [-0.4, -0.2) is 34.3 Å². The highest BCUT2D eigenvalue weighted by molar-refractivity contribution is 5.92. The molecule has 0 aromatic carbocycles. The van der Waals surface area contributed by atoms with Crippen LogP contribution < -0.4 is 10.6 Å². The Morgan fingerprint density at radius 3 is 2.89 bits per heavy atom. The van der Waals surface area contributed by atoms with Gasteiger partial charge in [-0.15, -0.1) is 0 Å². The lowest BCUT2D eigenvalue weighted by atomic mass is 10.3. The van der Waals surface area contributed by atoms with Gasteiger partial charge in [0.2, 0.25) is 5.91 Å². The summed E-state index contributed by atoms with van der Waals surface area (Å²) in [4.78, 5) is 16.0. The summed E-state index contributed by atoms with van der Waals surface area (Å²) in [5.74, 6) is -0.0215. The normalized spacial score (nSPS) is 11.2. The summed E-state index contributed by atoms with van der Waals surface area (Å²) in [6, 6.07) is 2.16. The van der Waals surface area contributed by atoms with Crippen molar-refractivity contribution in [2.24, 2.45) is 0 Å². The van der Waals surface area contributed by atoms with Crippen LogP contribution in [0.2, 0.25) is 0 Å². The number of anilines is 1. The molecular formula is C13H19N5O. The number of carbonyl (C=O) groups excluding carboxylic acids is 1. The molecule has 2 aromatic rings. The number of aromatic nitrogens is 3. The van der Waals surface area contributed by atoms with Crippen molar-refractivity contribution < 1.29 is 4.79 Å². The highest BCUT2D eigenvalue weighted by Crippen LogP contribution is 2.18. The monoisotopic (exact) mass is 261 g/mol. The molecule has 6 nitrogen and oxygen atoms in total. The first-order chi connectivity index (χ1) is 9.11. The number of carbonyl (C=O) groups is 1. The number of nitrogens with zero attached hydrogens (tertiary/aromatic N) is 3. The lowest BCUT2D eigenvalue weighted by Crippen LogP contribution is -2.18. The molecule has 0 saturated heterocycles. The van der Waals surface area contributed by atoms with Crippen LogP contribution in [0.4, 0.5) is 5.69 Å². The molecule has 1 amide bonds. The predicted molar refractivity (Wildman–Crippen MR) is 75.1 cm³/mol. The van der Waals surface area contributed by atoms with E-state index in [1.54, 1.807) is 12.4 Å². The summed E-state index contributed by atoms with van der Waals surface area (Å²) in [7, 11) is 1.82. The van der Waals surface area contributed by atoms with E-state index in [4.69, 9.17) is 0 Å². The molecule has 0 radical (unpaired) electrons. The molecule has 19 heavy (non-hydrogen) atoms. The third kappa shape index (κ3) is 3.08. The summed E-state index contributed by atoms with van der Waals surface area (Å²) in [6.45, 7) is 4.77. The van der Waals surface area contributed by atoms with E-state index in [0.29, 0.717) is 18.7 Å².